The number of nitrogens with one attached hydrogen (secondary N) is 2. The van der Waals surface area contributed by atoms with Gasteiger partial charge in [-0.15, -0.1) is 0 Å². The Morgan fingerprint density at radius 2 is 1.55 bits per heavy atom. The first-order valence-electron chi connectivity index (χ1n) is 13.6. The Bertz CT molecular complexity index is 1480. The number of amides is 3. The minimum Gasteiger partial charge on any atom is -0.368 e. The van der Waals surface area contributed by atoms with Crippen LogP contribution in [0.5, 0.6) is 0 Å². The van der Waals surface area contributed by atoms with Crippen LogP contribution in [0.15, 0.2) is 78.9 Å². The molecule has 9 nitrogen and oxygen atoms in total. The lowest BCUT2D eigenvalue weighted by Crippen LogP contribution is -2.49. The number of carbonyl (C=O) groups is 2. The molecule has 1 atom stereocenters. The smallest absolute Gasteiger partial charge is 0.321 e. The zero-order valence-corrected chi connectivity index (χ0v) is 22.9. The van der Waals surface area contributed by atoms with Gasteiger partial charge in [0, 0.05) is 37.1 Å². The summed E-state index contributed by atoms with van der Waals surface area (Å²) in [6, 6.07) is 25.0. The summed E-state index contributed by atoms with van der Waals surface area (Å²) in [7, 11) is 0. The van der Waals surface area contributed by atoms with Gasteiger partial charge < -0.3 is 21.3 Å². The molecule has 206 valence electrons. The van der Waals surface area contributed by atoms with Crippen molar-refractivity contribution in [3.63, 3.8) is 0 Å². The molecular formula is C31H35N7O2. The molecule has 1 aliphatic rings. The van der Waals surface area contributed by atoms with E-state index in [9.17, 15) is 9.59 Å². The number of anilines is 2. The highest BCUT2D eigenvalue weighted by Gasteiger charge is 2.24. The molecule has 0 spiro atoms. The van der Waals surface area contributed by atoms with Gasteiger partial charge in [-0.05, 0) is 29.7 Å². The number of piperazine rings is 1. The zero-order chi connectivity index (χ0) is 28.1. The van der Waals surface area contributed by atoms with Crippen molar-refractivity contribution in [2.45, 2.75) is 26.4 Å². The molecule has 2 heterocycles. The molecule has 4 aromatic rings. The molecule has 3 amide bonds. The van der Waals surface area contributed by atoms with E-state index in [2.05, 4.69) is 15.5 Å². The molecule has 5 rings (SSSR count). The zero-order valence-electron chi connectivity index (χ0n) is 22.9. The number of rotatable bonds is 8. The number of benzene rings is 3. The van der Waals surface area contributed by atoms with Gasteiger partial charge in [0.1, 0.15) is 17.7 Å². The van der Waals surface area contributed by atoms with Gasteiger partial charge in [0.15, 0.2) is 0 Å². The van der Waals surface area contributed by atoms with Crippen LogP contribution in [0.4, 0.5) is 16.3 Å². The number of nitrogens with zero attached hydrogens (tertiary/aromatic N) is 4. The van der Waals surface area contributed by atoms with Crippen molar-refractivity contribution in [1.82, 2.24) is 19.8 Å². The maximum Gasteiger partial charge on any atom is 0.321 e. The average molecular weight is 538 g/mol. The highest BCUT2D eigenvalue weighted by atomic mass is 16.2. The Labute approximate surface area is 234 Å². The van der Waals surface area contributed by atoms with Gasteiger partial charge in [0.25, 0.3) is 0 Å². The van der Waals surface area contributed by atoms with Crippen molar-refractivity contribution in [2.24, 2.45) is 11.7 Å². The van der Waals surface area contributed by atoms with E-state index in [0.717, 1.165) is 27.7 Å². The Kier molecular flexibility index (Phi) is 8.21. The van der Waals surface area contributed by atoms with E-state index in [1.165, 1.54) is 0 Å². The molecule has 40 heavy (non-hydrogen) atoms. The topological polar surface area (TPSA) is 116 Å². The first-order chi connectivity index (χ1) is 19.4. The predicted octanol–water partition coefficient (Wildman–Crippen LogP) is 4.57. The van der Waals surface area contributed by atoms with Crippen LogP contribution < -0.4 is 16.4 Å². The first kappa shape index (κ1) is 27.1. The highest BCUT2D eigenvalue weighted by molar-refractivity contribution is 5.94. The molecule has 0 saturated carbocycles. The van der Waals surface area contributed by atoms with E-state index in [1.54, 1.807) is 0 Å². The summed E-state index contributed by atoms with van der Waals surface area (Å²) in [5, 5.41) is 7.20. The third kappa shape index (κ3) is 6.21. The van der Waals surface area contributed by atoms with Crippen LogP contribution in [0.25, 0.3) is 22.0 Å². The van der Waals surface area contributed by atoms with E-state index in [4.69, 9.17) is 15.7 Å². The Hall–Kier alpha value is -4.50. The van der Waals surface area contributed by atoms with Crippen molar-refractivity contribution in [2.75, 3.05) is 36.8 Å². The van der Waals surface area contributed by atoms with Crippen molar-refractivity contribution in [1.29, 1.82) is 0 Å². The second-order valence-corrected chi connectivity index (χ2v) is 10.4. The van der Waals surface area contributed by atoms with Crippen molar-refractivity contribution in [3.8, 4) is 11.1 Å². The van der Waals surface area contributed by atoms with Crippen LogP contribution in [-0.2, 0) is 11.3 Å². The van der Waals surface area contributed by atoms with E-state index < -0.39 is 11.9 Å². The lowest BCUT2D eigenvalue weighted by Gasteiger charge is -2.34. The number of para-hydroxylation sites is 2. The maximum absolute atomic E-state index is 13.1. The van der Waals surface area contributed by atoms with Crippen molar-refractivity contribution < 1.29 is 9.59 Å². The molecule has 1 aromatic heterocycles. The molecule has 3 aromatic carbocycles. The number of urea groups is 1. The molecule has 0 bridgehead atoms. The average Bonchev–Trinajstić information content (AvgIpc) is 2.96. The van der Waals surface area contributed by atoms with E-state index in [1.807, 2.05) is 97.6 Å². The van der Waals surface area contributed by atoms with Crippen LogP contribution in [0.2, 0.25) is 0 Å². The van der Waals surface area contributed by atoms with Crippen LogP contribution in [0.3, 0.4) is 0 Å². The number of aromatic nitrogens is 2. The fourth-order valence-electron chi connectivity index (χ4n) is 4.98. The van der Waals surface area contributed by atoms with Gasteiger partial charge in [-0.3, -0.25) is 9.69 Å². The lowest BCUT2D eigenvalue weighted by molar-refractivity contribution is -0.119. The standard InChI is InChI=1S/C31H35N7O2/c1-21(2)28(29(32)39)36-30-24-13-7-9-15-26(24)33-27(35-30)20-37-16-18-38(19-17-37)31(40)34-25-14-8-6-12-23(25)22-10-4-3-5-11-22/h3-15,21,28H,16-20H2,1-2H3,(H2,32,39)(H,34,40)(H,33,35,36)/t28-/m0/s1. The summed E-state index contributed by atoms with van der Waals surface area (Å²) in [6.45, 7) is 7.01. The number of primary amides is 1. The lowest BCUT2D eigenvalue weighted by atomic mass is 10.0. The van der Waals surface area contributed by atoms with E-state index in [0.29, 0.717) is 44.4 Å². The molecular weight excluding hydrogens is 502 g/mol. The highest BCUT2D eigenvalue weighted by Crippen LogP contribution is 2.28. The van der Waals surface area contributed by atoms with Gasteiger partial charge in [-0.2, -0.15) is 0 Å². The Morgan fingerprint density at radius 3 is 2.27 bits per heavy atom. The second kappa shape index (κ2) is 12.1. The summed E-state index contributed by atoms with van der Waals surface area (Å²) >= 11 is 0. The van der Waals surface area contributed by atoms with Crippen molar-refractivity contribution >= 4 is 34.3 Å². The first-order valence-corrected chi connectivity index (χ1v) is 13.6. The van der Waals surface area contributed by atoms with Crippen molar-refractivity contribution in [3.05, 3.63) is 84.7 Å². The molecule has 0 radical (unpaired) electrons. The monoisotopic (exact) mass is 537 g/mol. The number of carbonyl (C=O) groups excluding carboxylic acids is 2. The fourth-order valence-corrected chi connectivity index (χ4v) is 4.98. The minimum atomic E-state index is -0.541. The molecule has 1 fully saturated rings. The van der Waals surface area contributed by atoms with Crippen LogP contribution in [0, 0.1) is 5.92 Å². The number of nitrogens with two attached hydrogens (primary N) is 1. The van der Waals surface area contributed by atoms with Crippen LogP contribution in [-0.4, -0.2) is 63.9 Å². The summed E-state index contributed by atoms with van der Waals surface area (Å²) in [5.41, 5.74) is 9.29. The predicted molar refractivity (Wildman–Crippen MR) is 159 cm³/mol. The summed E-state index contributed by atoms with van der Waals surface area (Å²) in [5.74, 6) is 0.852. The van der Waals surface area contributed by atoms with Crippen LogP contribution in [0.1, 0.15) is 19.7 Å². The molecule has 9 heteroatoms. The van der Waals surface area contributed by atoms with Gasteiger partial charge in [0.05, 0.1) is 17.7 Å². The van der Waals surface area contributed by atoms with Gasteiger partial charge in [-0.25, -0.2) is 14.8 Å². The molecule has 1 aliphatic heterocycles. The molecule has 1 saturated heterocycles. The summed E-state index contributed by atoms with van der Waals surface area (Å²) < 4.78 is 0. The molecule has 4 N–H and O–H groups in total. The second-order valence-electron chi connectivity index (χ2n) is 10.4. The third-order valence-electron chi connectivity index (χ3n) is 7.19. The number of hydrogen-bond acceptors (Lipinski definition) is 6. The van der Waals surface area contributed by atoms with E-state index in [-0.39, 0.29) is 11.9 Å². The van der Waals surface area contributed by atoms with Gasteiger partial charge >= 0.3 is 6.03 Å². The number of hydrogen-bond donors (Lipinski definition) is 3. The maximum atomic E-state index is 13.1. The summed E-state index contributed by atoms with van der Waals surface area (Å²) in [6.07, 6.45) is 0. The SMILES string of the molecule is CC(C)[C@H](Nc1nc(CN2CCN(C(=O)Nc3ccccc3-c3ccccc3)CC2)nc2ccccc12)C(N)=O. The van der Waals surface area contributed by atoms with Gasteiger partial charge in [-0.1, -0.05) is 74.5 Å². The molecule has 0 aliphatic carbocycles. The largest absolute Gasteiger partial charge is 0.368 e. The Balaban J connectivity index is 1.24. The van der Waals surface area contributed by atoms with Crippen LogP contribution >= 0.6 is 0 Å². The fraction of sp³-hybridized carbons (Fsp3) is 0.290. The number of fused-ring (bicyclic) bond motifs is 1. The summed E-state index contributed by atoms with van der Waals surface area (Å²) in [4.78, 5) is 38.8. The quantitative estimate of drug-likeness (QED) is 0.303. The normalized spacial score (nSPS) is 14.7. The molecule has 0 unspecified atom stereocenters. The minimum absolute atomic E-state index is 0.00793. The third-order valence-corrected chi connectivity index (χ3v) is 7.19. The van der Waals surface area contributed by atoms with E-state index >= 15 is 0 Å². The van der Waals surface area contributed by atoms with Gasteiger partial charge in [0.2, 0.25) is 5.91 Å². The Morgan fingerprint density at radius 1 is 0.875 bits per heavy atom.